The average molecular weight is 362 g/mol. The first-order valence-corrected chi connectivity index (χ1v) is 9.93. The molecule has 1 aliphatic rings. The number of halogens is 1. The van der Waals surface area contributed by atoms with Crippen LogP contribution in [0.15, 0.2) is 53.4 Å². The summed E-state index contributed by atoms with van der Waals surface area (Å²) < 4.78 is 40.1. The second-order valence-corrected chi connectivity index (χ2v) is 8.35. The molecule has 1 fully saturated rings. The van der Waals surface area contributed by atoms with E-state index in [0.29, 0.717) is 19.6 Å². The highest BCUT2D eigenvalue weighted by molar-refractivity contribution is 7.89. The summed E-state index contributed by atoms with van der Waals surface area (Å²) in [4.78, 5) is 2.45. The molecule has 3 rings (SSSR count). The highest BCUT2D eigenvalue weighted by Gasteiger charge is 2.27. The quantitative estimate of drug-likeness (QED) is 0.839. The Balaban J connectivity index is 1.69. The molecule has 134 valence electrons. The first-order valence-electron chi connectivity index (χ1n) is 8.49. The maximum Gasteiger partial charge on any atom is 0.243 e. The van der Waals surface area contributed by atoms with E-state index in [0.717, 1.165) is 19.5 Å². The normalized spacial score (nSPS) is 17.4. The summed E-state index contributed by atoms with van der Waals surface area (Å²) in [7, 11) is -3.57. The zero-order valence-electron chi connectivity index (χ0n) is 14.4. The SMILES string of the molecule is Cc1ccccc1CN1CCCN(S(=O)(=O)c2ccc(F)cc2)CC1. The first-order chi connectivity index (χ1) is 12.0. The summed E-state index contributed by atoms with van der Waals surface area (Å²) in [5, 5.41) is 0. The maximum atomic E-state index is 13.1. The molecule has 0 unspecified atom stereocenters. The van der Waals surface area contributed by atoms with Crippen molar-refractivity contribution in [2.45, 2.75) is 24.8 Å². The Bertz CT molecular complexity index is 822. The van der Waals surface area contributed by atoms with Gasteiger partial charge in [0.1, 0.15) is 5.82 Å². The predicted octanol–water partition coefficient (Wildman–Crippen LogP) is 3.03. The van der Waals surface area contributed by atoms with Crippen molar-refractivity contribution in [1.82, 2.24) is 9.21 Å². The zero-order chi connectivity index (χ0) is 17.9. The standard InChI is InChI=1S/C19H23FN2O2S/c1-16-5-2-3-6-17(16)15-21-11-4-12-22(14-13-21)25(23,24)19-9-7-18(20)8-10-19/h2-3,5-10H,4,11-15H2,1H3. The fourth-order valence-electron chi connectivity index (χ4n) is 3.13. The molecule has 0 bridgehead atoms. The van der Waals surface area contributed by atoms with Crippen molar-refractivity contribution in [3.63, 3.8) is 0 Å². The summed E-state index contributed by atoms with van der Waals surface area (Å²) >= 11 is 0. The van der Waals surface area contributed by atoms with Gasteiger partial charge in [0.15, 0.2) is 0 Å². The minimum atomic E-state index is -3.57. The van der Waals surface area contributed by atoms with E-state index in [9.17, 15) is 12.8 Å². The van der Waals surface area contributed by atoms with Crippen LogP contribution in [0.1, 0.15) is 17.5 Å². The molecular weight excluding hydrogens is 339 g/mol. The lowest BCUT2D eigenvalue weighted by molar-refractivity contribution is 0.278. The number of benzene rings is 2. The van der Waals surface area contributed by atoms with Crippen molar-refractivity contribution in [3.8, 4) is 0 Å². The van der Waals surface area contributed by atoms with E-state index < -0.39 is 15.8 Å². The van der Waals surface area contributed by atoms with Gasteiger partial charge in [-0.15, -0.1) is 0 Å². The molecule has 0 aromatic heterocycles. The number of aryl methyl sites for hydroxylation is 1. The van der Waals surface area contributed by atoms with E-state index in [4.69, 9.17) is 0 Å². The second-order valence-electron chi connectivity index (χ2n) is 6.41. The van der Waals surface area contributed by atoms with E-state index >= 15 is 0 Å². The van der Waals surface area contributed by atoms with Crippen LogP contribution in [0.3, 0.4) is 0 Å². The van der Waals surface area contributed by atoms with Crippen molar-refractivity contribution in [2.75, 3.05) is 26.2 Å². The fourth-order valence-corrected chi connectivity index (χ4v) is 4.60. The monoisotopic (exact) mass is 362 g/mol. The summed E-state index contributed by atoms with van der Waals surface area (Å²) in [6, 6.07) is 13.3. The third-order valence-electron chi connectivity index (χ3n) is 4.65. The van der Waals surface area contributed by atoms with Gasteiger partial charge in [-0.3, -0.25) is 4.90 Å². The lowest BCUT2D eigenvalue weighted by atomic mass is 10.1. The van der Waals surface area contributed by atoms with Gasteiger partial charge in [0.2, 0.25) is 10.0 Å². The van der Waals surface area contributed by atoms with Gasteiger partial charge in [0.25, 0.3) is 0 Å². The van der Waals surface area contributed by atoms with E-state index in [1.165, 1.54) is 39.7 Å². The molecule has 2 aromatic carbocycles. The highest BCUT2D eigenvalue weighted by atomic mass is 32.2. The lowest BCUT2D eigenvalue weighted by Crippen LogP contribution is -2.35. The molecule has 25 heavy (non-hydrogen) atoms. The van der Waals surface area contributed by atoms with E-state index in [2.05, 4.69) is 24.0 Å². The van der Waals surface area contributed by atoms with Gasteiger partial charge in [-0.05, 0) is 55.3 Å². The van der Waals surface area contributed by atoms with Crippen molar-refractivity contribution in [2.24, 2.45) is 0 Å². The number of nitrogens with zero attached hydrogens (tertiary/aromatic N) is 2. The molecule has 0 spiro atoms. The first kappa shape index (κ1) is 18.0. The third-order valence-corrected chi connectivity index (χ3v) is 6.57. The molecule has 0 amide bonds. The molecular formula is C19H23FN2O2S. The van der Waals surface area contributed by atoms with Crippen LogP contribution in [-0.2, 0) is 16.6 Å². The summed E-state index contributed by atoms with van der Waals surface area (Å²) in [5.41, 5.74) is 2.53. The largest absolute Gasteiger partial charge is 0.298 e. The topological polar surface area (TPSA) is 40.6 Å². The van der Waals surface area contributed by atoms with E-state index in [1.54, 1.807) is 0 Å². The number of sulfonamides is 1. The molecule has 6 heteroatoms. The van der Waals surface area contributed by atoms with Crippen LogP contribution in [0.5, 0.6) is 0 Å². The van der Waals surface area contributed by atoms with Crippen LogP contribution in [0, 0.1) is 12.7 Å². The second kappa shape index (κ2) is 7.64. The van der Waals surface area contributed by atoms with Crippen LogP contribution in [0.2, 0.25) is 0 Å². The molecule has 1 heterocycles. The van der Waals surface area contributed by atoms with Gasteiger partial charge in [0.05, 0.1) is 4.90 Å². The Morgan fingerprint density at radius 2 is 1.68 bits per heavy atom. The molecule has 0 radical (unpaired) electrons. The Morgan fingerprint density at radius 1 is 0.960 bits per heavy atom. The highest BCUT2D eigenvalue weighted by Crippen LogP contribution is 2.19. The van der Waals surface area contributed by atoms with Gasteiger partial charge >= 0.3 is 0 Å². The zero-order valence-corrected chi connectivity index (χ0v) is 15.2. The van der Waals surface area contributed by atoms with E-state index in [1.807, 2.05) is 12.1 Å². The van der Waals surface area contributed by atoms with Crippen LogP contribution in [-0.4, -0.2) is 43.8 Å². The average Bonchev–Trinajstić information content (AvgIpc) is 2.83. The van der Waals surface area contributed by atoms with Crippen molar-refractivity contribution in [1.29, 1.82) is 0 Å². The Hall–Kier alpha value is -1.76. The summed E-state index contributed by atoms with van der Waals surface area (Å²) in [6.07, 6.45) is 0.784. The fraction of sp³-hybridized carbons (Fsp3) is 0.368. The molecule has 1 aliphatic heterocycles. The Labute approximate surface area is 148 Å². The smallest absolute Gasteiger partial charge is 0.243 e. The Morgan fingerprint density at radius 3 is 2.40 bits per heavy atom. The van der Waals surface area contributed by atoms with Gasteiger partial charge in [-0.25, -0.2) is 12.8 Å². The van der Waals surface area contributed by atoms with Crippen LogP contribution >= 0.6 is 0 Å². The predicted molar refractivity (Wildman–Crippen MR) is 96.2 cm³/mol. The summed E-state index contributed by atoms with van der Waals surface area (Å²) in [6.45, 7) is 5.42. The summed E-state index contributed by atoms with van der Waals surface area (Å²) in [5.74, 6) is -0.431. The van der Waals surface area contributed by atoms with Gasteiger partial charge in [-0.2, -0.15) is 4.31 Å². The van der Waals surface area contributed by atoms with Crippen LogP contribution in [0.25, 0.3) is 0 Å². The number of rotatable bonds is 4. The number of hydrogen-bond donors (Lipinski definition) is 0. The molecule has 4 nitrogen and oxygen atoms in total. The molecule has 0 atom stereocenters. The van der Waals surface area contributed by atoms with Gasteiger partial charge in [0, 0.05) is 26.2 Å². The molecule has 2 aromatic rings. The van der Waals surface area contributed by atoms with Crippen LogP contribution in [0.4, 0.5) is 4.39 Å². The minimum absolute atomic E-state index is 0.154. The van der Waals surface area contributed by atoms with Crippen LogP contribution < -0.4 is 0 Å². The Kier molecular flexibility index (Phi) is 5.51. The molecule has 0 saturated carbocycles. The molecule has 1 saturated heterocycles. The molecule has 0 N–H and O–H groups in total. The van der Waals surface area contributed by atoms with Gasteiger partial charge < -0.3 is 0 Å². The molecule has 0 aliphatic carbocycles. The van der Waals surface area contributed by atoms with Crippen molar-refractivity contribution < 1.29 is 12.8 Å². The third kappa shape index (κ3) is 4.26. The number of hydrogen-bond acceptors (Lipinski definition) is 3. The minimum Gasteiger partial charge on any atom is -0.298 e. The lowest BCUT2D eigenvalue weighted by Gasteiger charge is -2.22. The van der Waals surface area contributed by atoms with Crippen molar-refractivity contribution >= 4 is 10.0 Å². The van der Waals surface area contributed by atoms with Crippen molar-refractivity contribution in [3.05, 3.63) is 65.5 Å². The van der Waals surface area contributed by atoms with E-state index in [-0.39, 0.29) is 4.90 Å². The van der Waals surface area contributed by atoms with Gasteiger partial charge in [-0.1, -0.05) is 24.3 Å². The maximum absolute atomic E-state index is 13.1.